The van der Waals surface area contributed by atoms with E-state index in [9.17, 15) is 14.4 Å². The van der Waals surface area contributed by atoms with Crippen LogP contribution in [0, 0.1) is 6.92 Å². The molecule has 0 unspecified atom stereocenters. The Morgan fingerprint density at radius 2 is 1.76 bits per heavy atom. The average Bonchev–Trinajstić information content (AvgIpc) is 3.45. The van der Waals surface area contributed by atoms with Crippen LogP contribution < -0.4 is 10.7 Å². The van der Waals surface area contributed by atoms with Gasteiger partial charge < -0.3 is 5.32 Å². The number of carbonyl (C=O) groups is 3. The first kappa shape index (κ1) is 20.9. The van der Waals surface area contributed by atoms with Gasteiger partial charge >= 0.3 is 6.03 Å². The molecule has 166 valence electrons. The molecule has 0 bridgehead atoms. The summed E-state index contributed by atoms with van der Waals surface area (Å²) in [4.78, 5) is 39.8. The Hall–Kier alpha value is -3.98. The molecular formula is C24H21N5O3S. The minimum Gasteiger partial charge on any atom is -0.318 e. The van der Waals surface area contributed by atoms with E-state index in [1.807, 2.05) is 48.0 Å². The molecule has 0 spiro atoms. The van der Waals surface area contributed by atoms with Crippen LogP contribution in [0.4, 0.5) is 4.79 Å². The fraction of sp³-hybridized carbons (Fsp3) is 0.167. The fourth-order valence-corrected chi connectivity index (χ4v) is 5.00. The number of aryl methyl sites for hydroxylation is 1. The van der Waals surface area contributed by atoms with Crippen molar-refractivity contribution in [3.8, 4) is 0 Å². The summed E-state index contributed by atoms with van der Waals surface area (Å²) in [7, 11) is 0. The predicted molar refractivity (Wildman–Crippen MR) is 125 cm³/mol. The van der Waals surface area contributed by atoms with Gasteiger partial charge in [0.1, 0.15) is 10.4 Å². The third kappa shape index (κ3) is 3.56. The highest BCUT2D eigenvalue weighted by molar-refractivity contribution is 7.20. The van der Waals surface area contributed by atoms with Gasteiger partial charge in [-0.3, -0.25) is 19.7 Å². The van der Waals surface area contributed by atoms with E-state index < -0.39 is 23.4 Å². The van der Waals surface area contributed by atoms with Gasteiger partial charge in [-0.25, -0.2) is 4.79 Å². The number of hydrazine groups is 1. The largest absolute Gasteiger partial charge is 0.344 e. The first-order chi connectivity index (χ1) is 15.9. The van der Waals surface area contributed by atoms with Crippen molar-refractivity contribution in [2.75, 3.05) is 0 Å². The summed E-state index contributed by atoms with van der Waals surface area (Å²) in [5, 5.41) is 8.90. The molecule has 1 saturated heterocycles. The molecule has 4 aromatic rings. The number of rotatable bonds is 5. The second-order valence-electron chi connectivity index (χ2n) is 8.06. The molecule has 0 aliphatic carbocycles. The van der Waals surface area contributed by atoms with E-state index in [0.717, 1.165) is 26.5 Å². The summed E-state index contributed by atoms with van der Waals surface area (Å²) in [5.41, 5.74) is 3.76. The zero-order valence-corrected chi connectivity index (χ0v) is 18.8. The Balaban J connectivity index is 1.39. The van der Waals surface area contributed by atoms with E-state index in [4.69, 9.17) is 0 Å². The smallest absolute Gasteiger partial charge is 0.318 e. The highest BCUT2D eigenvalue weighted by Gasteiger charge is 2.50. The molecule has 1 aliphatic heterocycles. The number of imide groups is 1. The maximum atomic E-state index is 13.1. The van der Waals surface area contributed by atoms with Gasteiger partial charge in [0.25, 0.3) is 11.8 Å². The topological polar surface area (TPSA) is 96.3 Å². The van der Waals surface area contributed by atoms with Gasteiger partial charge in [-0.05, 0) is 31.0 Å². The number of benzene rings is 2. The van der Waals surface area contributed by atoms with E-state index in [2.05, 4.69) is 15.8 Å². The number of hydrogen-bond donors (Lipinski definition) is 2. The van der Waals surface area contributed by atoms with Crippen molar-refractivity contribution in [3.63, 3.8) is 0 Å². The summed E-state index contributed by atoms with van der Waals surface area (Å²) in [5.74, 6) is -1.07. The molecule has 0 radical (unpaired) electrons. The van der Waals surface area contributed by atoms with E-state index in [1.54, 1.807) is 37.3 Å². The van der Waals surface area contributed by atoms with E-state index in [-0.39, 0.29) is 0 Å². The third-order valence-corrected chi connectivity index (χ3v) is 6.91. The Bertz CT molecular complexity index is 1380. The van der Waals surface area contributed by atoms with Crippen molar-refractivity contribution in [2.45, 2.75) is 25.9 Å². The first-order valence-corrected chi connectivity index (χ1v) is 11.2. The standard InChI is InChI=1S/C24H21N5O3S/c1-15-18-13-19(33-21(18)28(26-15)14-16-9-5-3-6-10-16)20(30)27-29-22(31)24(2,25-23(29)32)17-11-7-4-8-12-17/h3-13H,14H2,1-2H3,(H,25,32)(H,27,30)/t24-/m0/s1. The lowest BCUT2D eigenvalue weighted by Crippen LogP contribution is -2.47. The molecule has 5 rings (SSSR count). The van der Waals surface area contributed by atoms with Crippen LogP contribution in [0.5, 0.6) is 0 Å². The molecule has 2 aromatic heterocycles. The number of thiophene rings is 1. The van der Waals surface area contributed by atoms with Gasteiger partial charge in [0.15, 0.2) is 0 Å². The quantitative estimate of drug-likeness (QED) is 0.446. The molecule has 2 N–H and O–H groups in total. The molecule has 0 saturated carbocycles. The third-order valence-electron chi connectivity index (χ3n) is 5.76. The Labute approximate surface area is 193 Å². The first-order valence-electron chi connectivity index (χ1n) is 10.4. The van der Waals surface area contributed by atoms with Crippen LogP contribution >= 0.6 is 11.3 Å². The Kier molecular flexibility index (Phi) is 4.98. The van der Waals surface area contributed by atoms with Gasteiger partial charge in [0.2, 0.25) is 0 Å². The summed E-state index contributed by atoms with van der Waals surface area (Å²) < 4.78 is 1.86. The van der Waals surface area contributed by atoms with Crippen molar-refractivity contribution >= 4 is 39.4 Å². The number of urea groups is 1. The molecule has 9 heteroatoms. The highest BCUT2D eigenvalue weighted by atomic mass is 32.1. The maximum Gasteiger partial charge on any atom is 0.344 e. The van der Waals surface area contributed by atoms with Crippen LogP contribution in [-0.4, -0.2) is 32.6 Å². The number of carbonyl (C=O) groups excluding carboxylic acids is 3. The minimum atomic E-state index is -1.25. The predicted octanol–water partition coefficient (Wildman–Crippen LogP) is 3.57. The van der Waals surface area contributed by atoms with Crippen LogP contribution in [-0.2, 0) is 16.9 Å². The zero-order chi connectivity index (χ0) is 23.2. The van der Waals surface area contributed by atoms with Gasteiger partial charge in [-0.1, -0.05) is 60.7 Å². The summed E-state index contributed by atoms with van der Waals surface area (Å²) >= 11 is 1.27. The second kappa shape index (κ2) is 7.86. The number of aromatic nitrogens is 2. The van der Waals surface area contributed by atoms with E-state index in [1.165, 1.54) is 11.3 Å². The van der Waals surface area contributed by atoms with Crippen LogP contribution in [0.15, 0.2) is 66.7 Å². The molecule has 33 heavy (non-hydrogen) atoms. The summed E-state index contributed by atoms with van der Waals surface area (Å²) in [6, 6.07) is 19.9. The normalized spacial score (nSPS) is 18.1. The molecule has 2 aromatic carbocycles. The van der Waals surface area contributed by atoms with Crippen LogP contribution in [0.2, 0.25) is 0 Å². The van der Waals surface area contributed by atoms with Gasteiger partial charge in [0.05, 0.1) is 17.1 Å². The summed E-state index contributed by atoms with van der Waals surface area (Å²) in [6.07, 6.45) is 0. The zero-order valence-electron chi connectivity index (χ0n) is 18.0. The van der Waals surface area contributed by atoms with E-state index in [0.29, 0.717) is 17.0 Å². The number of amides is 4. The van der Waals surface area contributed by atoms with Crippen molar-refractivity contribution < 1.29 is 14.4 Å². The Morgan fingerprint density at radius 1 is 1.09 bits per heavy atom. The fourth-order valence-electron chi connectivity index (χ4n) is 3.95. The van der Waals surface area contributed by atoms with E-state index >= 15 is 0 Å². The number of hydrogen-bond acceptors (Lipinski definition) is 5. The van der Waals surface area contributed by atoms with Gasteiger partial charge in [-0.2, -0.15) is 10.1 Å². The Morgan fingerprint density at radius 3 is 2.45 bits per heavy atom. The van der Waals surface area contributed by atoms with Gasteiger partial charge in [0, 0.05) is 5.39 Å². The van der Waals surface area contributed by atoms with Crippen LogP contribution in [0.3, 0.4) is 0 Å². The minimum absolute atomic E-state index is 0.390. The lowest BCUT2D eigenvalue weighted by molar-refractivity contribution is -0.132. The van der Waals surface area contributed by atoms with Gasteiger partial charge in [-0.15, -0.1) is 11.3 Å². The van der Waals surface area contributed by atoms with Crippen molar-refractivity contribution in [3.05, 3.63) is 88.4 Å². The SMILES string of the molecule is Cc1nn(Cc2ccccc2)c2sc(C(=O)NN3C(=O)N[C@@](C)(c4ccccc4)C3=O)cc12. The average molecular weight is 460 g/mol. The number of fused-ring (bicyclic) bond motifs is 1. The molecule has 3 heterocycles. The number of nitrogens with zero attached hydrogens (tertiary/aromatic N) is 3. The monoisotopic (exact) mass is 459 g/mol. The molecule has 4 amide bonds. The summed E-state index contributed by atoms with van der Waals surface area (Å²) in [6.45, 7) is 4.09. The van der Waals surface area contributed by atoms with Crippen molar-refractivity contribution in [2.24, 2.45) is 0 Å². The highest BCUT2D eigenvalue weighted by Crippen LogP contribution is 2.30. The second-order valence-corrected chi connectivity index (χ2v) is 9.09. The van der Waals surface area contributed by atoms with Crippen molar-refractivity contribution in [1.82, 2.24) is 25.5 Å². The maximum absolute atomic E-state index is 13.1. The molecule has 1 aliphatic rings. The number of nitrogens with one attached hydrogen (secondary N) is 2. The molecular weight excluding hydrogens is 438 g/mol. The molecule has 1 atom stereocenters. The lowest BCUT2D eigenvalue weighted by Gasteiger charge is -2.21. The molecule has 8 nitrogen and oxygen atoms in total. The van der Waals surface area contributed by atoms with Crippen LogP contribution in [0.1, 0.15) is 33.4 Å². The van der Waals surface area contributed by atoms with Crippen LogP contribution in [0.25, 0.3) is 10.2 Å². The van der Waals surface area contributed by atoms with Crippen molar-refractivity contribution in [1.29, 1.82) is 0 Å². The lowest BCUT2D eigenvalue weighted by atomic mass is 9.92. The molecule has 1 fully saturated rings.